The largest absolute Gasteiger partial charge is 0.416 e. The number of anilines is 1. The normalized spacial score (nSPS) is 12.5. The van der Waals surface area contributed by atoms with Crippen molar-refractivity contribution < 1.29 is 13.2 Å². The number of nitrogens with zero attached hydrogens (tertiary/aromatic N) is 3. The summed E-state index contributed by atoms with van der Waals surface area (Å²) in [6.45, 7) is 2.06. The van der Waals surface area contributed by atoms with Crippen molar-refractivity contribution in [2.24, 2.45) is 0 Å². The van der Waals surface area contributed by atoms with Gasteiger partial charge in [0.1, 0.15) is 5.65 Å². The lowest BCUT2D eigenvalue weighted by Gasteiger charge is -2.22. The first-order chi connectivity index (χ1) is 15.7. The first-order valence-corrected chi connectivity index (χ1v) is 10.7. The Hall–Kier alpha value is -3.80. The molecule has 0 unspecified atom stereocenters. The fourth-order valence-electron chi connectivity index (χ4n) is 5.03. The minimum absolute atomic E-state index is 0.557. The summed E-state index contributed by atoms with van der Waals surface area (Å²) in [6.07, 6.45) is -0.884. The zero-order valence-corrected chi connectivity index (χ0v) is 18.3. The van der Waals surface area contributed by atoms with Crippen molar-refractivity contribution in [3.05, 3.63) is 78.1 Å². The van der Waals surface area contributed by atoms with Crippen molar-refractivity contribution in [2.45, 2.75) is 13.1 Å². The molecule has 4 aromatic carbocycles. The van der Waals surface area contributed by atoms with E-state index in [0.29, 0.717) is 5.39 Å². The molecule has 0 saturated carbocycles. The number of hydrogen-bond donors (Lipinski definition) is 0. The summed E-state index contributed by atoms with van der Waals surface area (Å²) in [7, 11) is 4.00. The molecular weight excluding hydrogens is 423 g/mol. The molecule has 0 amide bonds. The molecule has 0 aliphatic heterocycles. The second kappa shape index (κ2) is 6.61. The maximum absolute atomic E-state index is 13.6. The van der Waals surface area contributed by atoms with Crippen LogP contribution in [0.4, 0.5) is 18.9 Å². The van der Waals surface area contributed by atoms with Crippen LogP contribution in [0.15, 0.2) is 67.0 Å². The Kier molecular flexibility index (Phi) is 3.97. The number of imidazole rings is 1. The molecule has 0 bridgehead atoms. The van der Waals surface area contributed by atoms with Gasteiger partial charge in [-0.1, -0.05) is 35.9 Å². The van der Waals surface area contributed by atoms with Crippen LogP contribution in [0.3, 0.4) is 0 Å². The summed E-state index contributed by atoms with van der Waals surface area (Å²) in [5.41, 5.74) is 2.99. The molecule has 0 radical (unpaired) electrons. The third-order valence-corrected chi connectivity index (χ3v) is 6.43. The fraction of sp³-hybridized carbons (Fsp3) is 0.148. The van der Waals surface area contributed by atoms with Gasteiger partial charge in [0, 0.05) is 53.4 Å². The first-order valence-electron chi connectivity index (χ1n) is 10.7. The summed E-state index contributed by atoms with van der Waals surface area (Å²) in [4.78, 5) is 6.70. The van der Waals surface area contributed by atoms with Crippen LogP contribution in [0.25, 0.3) is 48.9 Å². The molecule has 164 valence electrons. The van der Waals surface area contributed by atoms with E-state index in [1.54, 1.807) is 12.3 Å². The minimum Gasteiger partial charge on any atom is -0.377 e. The van der Waals surface area contributed by atoms with E-state index in [2.05, 4.69) is 41.1 Å². The summed E-state index contributed by atoms with van der Waals surface area (Å²) >= 11 is 0. The van der Waals surface area contributed by atoms with Crippen molar-refractivity contribution in [2.75, 3.05) is 19.0 Å². The average molecular weight is 443 g/mol. The molecule has 0 saturated heterocycles. The van der Waals surface area contributed by atoms with Gasteiger partial charge in [0.25, 0.3) is 0 Å². The lowest BCUT2D eigenvalue weighted by Crippen LogP contribution is -2.10. The van der Waals surface area contributed by atoms with Crippen LogP contribution in [0.2, 0.25) is 0 Å². The number of aryl methyl sites for hydroxylation is 1. The van der Waals surface area contributed by atoms with Crippen molar-refractivity contribution in [1.29, 1.82) is 0 Å². The molecule has 6 rings (SSSR count). The molecular formula is C27H20F3N3. The van der Waals surface area contributed by atoms with Crippen molar-refractivity contribution >= 4 is 54.6 Å². The van der Waals surface area contributed by atoms with Gasteiger partial charge in [-0.2, -0.15) is 13.2 Å². The average Bonchev–Trinajstić information content (AvgIpc) is 3.26. The monoisotopic (exact) mass is 443 g/mol. The summed E-state index contributed by atoms with van der Waals surface area (Å²) < 4.78 is 42.7. The molecule has 6 heteroatoms. The molecule has 2 aromatic heterocycles. The van der Waals surface area contributed by atoms with Crippen LogP contribution < -0.4 is 4.90 Å². The van der Waals surface area contributed by atoms with Gasteiger partial charge in [-0.15, -0.1) is 0 Å². The molecule has 0 atom stereocenters. The van der Waals surface area contributed by atoms with Gasteiger partial charge in [0.05, 0.1) is 16.8 Å². The molecule has 33 heavy (non-hydrogen) atoms. The number of fused-ring (bicyclic) bond motifs is 9. The lowest BCUT2D eigenvalue weighted by molar-refractivity contribution is -0.137. The van der Waals surface area contributed by atoms with Crippen molar-refractivity contribution in [3.8, 4) is 0 Å². The smallest absolute Gasteiger partial charge is 0.377 e. The quantitative estimate of drug-likeness (QED) is 0.196. The van der Waals surface area contributed by atoms with Gasteiger partial charge in [-0.05, 0) is 42.0 Å². The number of pyridine rings is 1. The topological polar surface area (TPSA) is 20.5 Å². The molecule has 0 N–H and O–H groups in total. The third-order valence-electron chi connectivity index (χ3n) is 6.43. The van der Waals surface area contributed by atoms with Gasteiger partial charge in [-0.25, -0.2) is 4.98 Å². The fourth-order valence-corrected chi connectivity index (χ4v) is 5.03. The predicted octanol–water partition coefficient (Wildman–Crippen LogP) is 7.34. The lowest BCUT2D eigenvalue weighted by atomic mass is 9.94. The Morgan fingerprint density at radius 1 is 0.818 bits per heavy atom. The van der Waals surface area contributed by atoms with Crippen LogP contribution in [0.1, 0.15) is 11.1 Å². The molecule has 3 nitrogen and oxygen atoms in total. The number of halogens is 3. The number of hydrogen-bond acceptors (Lipinski definition) is 2. The van der Waals surface area contributed by atoms with E-state index in [-0.39, 0.29) is 0 Å². The van der Waals surface area contributed by atoms with Gasteiger partial charge in [-0.3, -0.25) is 4.40 Å². The van der Waals surface area contributed by atoms with E-state index >= 15 is 0 Å². The van der Waals surface area contributed by atoms with Crippen LogP contribution in [0, 0.1) is 6.92 Å². The van der Waals surface area contributed by atoms with E-state index in [1.807, 2.05) is 36.8 Å². The second-order valence-corrected chi connectivity index (χ2v) is 8.78. The third kappa shape index (κ3) is 2.80. The van der Waals surface area contributed by atoms with E-state index in [9.17, 15) is 13.2 Å². The Labute approximate surface area is 187 Å². The highest BCUT2D eigenvalue weighted by Gasteiger charge is 2.31. The zero-order chi connectivity index (χ0) is 23.1. The van der Waals surface area contributed by atoms with Gasteiger partial charge < -0.3 is 4.90 Å². The van der Waals surface area contributed by atoms with Crippen LogP contribution in [0.5, 0.6) is 0 Å². The first kappa shape index (κ1) is 19.9. The molecule has 0 aliphatic carbocycles. The number of alkyl halides is 3. The van der Waals surface area contributed by atoms with E-state index < -0.39 is 11.7 Å². The summed E-state index contributed by atoms with van der Waals surface area (Å²) in [5.74, 6) is 0. The number of aromatic nitrogens is 2. The SMILES string of the molecule is Cc1ccc2cc3c(c(N(C)C)c2c1)c1ccc2ccc(C(F)(F)F)cc2c1n1ccnc31. The van der Waals surface area contributed by atoms with Crippen LogP contribution in [-0.2, 0) is 6.18 Å². The molecule has 0 aliphatic rings. The summed E-state index contributed by atoms with van der Waals surface area (Å²) in [5, 5.41) is 6.38. The highest BCUT2D eigenvalue weighted by molar-refractivity contribution is 6.27. The maximum Gasteiger partial charge on any atom is 0.416 e. The van der Waals surface area contributed by atoms with Crippen LogP contribution >= 0.6 is 0 Å². The Morgan fingerprint density at radius 2 is 1.58 bits per heavy atom. The van der Waals surface area contributed by atoms with Gasteiger partial charge in [0.15, 0.2) is 0 Å². The second-order valence-electron chi connectivity index (χ2n) is 8.78. The number of benzene rings is 4. The summed E-state index contributed by atoms with van der Waals surface area (Å²) in [6, 6.07) is 16.3. The van der Waals surface area contributed by atoms with Gasteiger partial charge in [0.2, 0.25) is 0 Å². The Balaban J connectivity index is 1.93. The van der Waals surface area contributed by atoms with E-state index in [1.165, 1.54) is 6.07 Å². The molecule has 0 spiro atoms. The molecule has 2 heterocycles. The highest BCUT2D eigenvalue weighted by atomic mass is 19.4. The van der Waals surface area contributed by atoms with E-state index in [4.69, 9.17) is 0 Å². The predicted molar refractivity (Wildman–Crippen MR) is 129 cm³/mol. The standard InChI is InChI=1S/C27H20F3N3/c1-15-4-5-17-13-22-23(25(32(2)3)20(17)12-15)19-9-7-16-6-8-18(27(28,29)30)14-21(16)24(19)33-11-10-31-26(22)33/h4-14H,1-3H3. The van der Waals surface area contributed by atoms with Crippen molar-refractivity contribution in [1.82, 2.24) is 9.38 Å². The maximum atomic E-state index is 13.6. The van der Waals surface area contributed by atoms with E-state index in [0.717, 1.165) is 60.8 Å². The van der Waals surface area contributed by atoms with Crippen molar-refractivity contribution in [3.63, 3.8) is 0 Å². The highest BCUT2D eigenvalue weighted by Crippen LogP contribution is 2.43. The zero-order valence-electron chi connectivity index (χ0n) is 18.3. The minimum atomic E-state index is -4.41. The number of rotatable bonds is 1. The van der Waals surface area contributed by atoms with Crippen LogP contribution in [-0.4, -0.2) is 23.5 Å². The Bertz CT molecular complexity index is 1740. The Morgan fingerprint density at radius 3 is 2.33 bits per heavy atom. The van der Waals surface area contributed by atoms with Gasteiger partial charge >= 0.3 is 6.18 Å². The molecule has 0 fully saturated rings. The molecule has 6 aromatic rings.